The molecule has 0 aliphatic carbocycles. The highest BCUT2D eigenvalue weighted by Crippen LogP contribution is 2.22. The smallest absolute Gasteiger partial charge is 0.343 e. The molecule has 1 aromatic rings. The van der Waals surface area contributed by atoms with Gasteiger partial charge in [0.05, 0.1) is 32.3 Å². The Kier molecular flexibility index (Phi) is 3.70. The van der Waals surface area contributed by atoms with E-state index < -0.39 is 5.97 Å². The van der Waals surface area contributed by atoms with E-state index in [0.29, 0.717) is 37.7 Å². The molecule has 0 spiro atoms. The molecule has 21 heavy (non-hydrogen) atoms. The summed E-state index contributed by atoms with van der Waals surface area (Å²) in [7, 11) is 1.31. The van der Waals surface area contributed by atoms with Gasteiger partial charge in [-0.2, -0.15) is 0 Å². The van der Waals surface area contributed by atoms with Crippen molar-refractivity contribution in [2.45, 2.75) is 6.04 Å². The minimum absolute atomic E-state index is 0.0197. The molecule has 0 saturated carbocycles. The standard InChI is InChI=1S/C13H16N4O4/c1-20-13(19)10-2-14-7-15-11(10)17-3-8-5-21-6-9(4-17)16-12(8)18/h2,7-9H,3-6H2,1H3,(H,16,18)/t8-,9+/m1/s1. The summed E-state index contributed by atoms with van der Waals surface area (Å²) in [5.74, 6) is -0.299. The highest BCUT2D eigenvalue weighted by atomic mass is 16.5. The Labute approximate surface area is 121 Å². The van der Waals surface area contributed by atoms with E-state index in [9.17, 15) is 9.59 Å². The molecule has 2 aliphatic heterocycles. The quantitative estimate of drug-likeness (QED) is 0.714. The predicted octanol–water partition coefficient (Wildman–Crippen LogP) is -0.786. The maximum atomic E-state index is 12.0. The number of esters is 1. The van der Waals surface area contributed by atoms with Gasteiger partial charge in [0.25, 0.3) is 0 Å². The molecule has 2 aliphatic rings. The number of rotatable bonds is 2. The van der Waals surface area contributed by atoms with Crippen LogP contribution in [0, 0.1) is 5.92 Å². The molecule has 2 fully saturated rings. The zero-order valence-corrected chi connectivity index (χ0v) is 11.6. The zero-order chi connectivity index (χ0) is 14.8. The normalized spacial score (nSPS) is 25.0. The van der Waals surface area contributed by atoms with Crippen LogP contribution in [0.1, 0.15) is 10.4 Å². The van der Waals surface area contributed by atoms with E-state index in [-0.39, 0.29) is 17.9 Å². The Balaban J connectivity index is 1.94. The van der Waals surface area contributed by atoms with E-state index in [4.69, 9.17) is 9.47 Å². The second-order valence-corrected chi connectivity index (χ2v) is 5.10. The van der Waals surface area contributed by atoms with Gasteiger partial charge in [0.2, 0.25) is 5.91 Å². The maximum absolute atomic E-state index is 12.0. The average Bonchev–Trinajstić information content (AvgIpc) is 2.75. The van der Waals surface area contributed by atoms with Gasteiger partial charge in [-0.25, -0.2) is 14.8 Å². The zero-order valence-electron chi connectivity index (χ0n) is 11.6. The fourth-order valence-corrected chi connectivity index (χ4v) is 2.63. The average molecular weight is 292 g/mol. The van der Waals surface area contributed by atoms with Crippen molar-refractivity contribution >= 4 is 17.7 Å². The molecule has 1 aromatic heterocycles. The SMILES string of the molecule is COC(=O)c1cncnc1N1C[C@H]2COC[C@@H](C1)C(=O)N2. The third-order valence-electron chi connectivity index (χ3n) is 3.63. The van der Waals surface area contributed by atoms with Crippen LogP contribution in [0.15, 0.2) is 12.5 Å². The van der Waals surface area contributed by atoms with Crippen LogP contribution in [-0.2, 0) is 14.3 Å². The molecule has 0 unspecified atom stereocenters. The van der Waals surface area contributed by atoms with Gasteiger partial charge in [0.1, 0.15) is 17.7 Å². The first-order valence-corrected chi connectivity index (χ1v) is 6.70. The number of hydrogen-bond donors (Lipinski definition) is 1. The van der Waals surface area contributed by atoms with Crippen LogP contribution in [0.3, 0.4) is 0 Å². The van der Waals surface area contributed by atoms with Crippen molar-refractivity contribution in [3.8, 4) is 0 Å². The predicted molar refractivity (Wildman–Crippen MR) is 71.8 cm³/mol. The van der Waals surface area contributed by atoms with Crippen LogP contribution < -0.4 is 10.2 Å². The van der Waals surface area contributed by atoms with Crippen LogP contribution in [0.25, 0.3) is 0 Å². The molecule has 8 heteroatoms. The molecule has 0 radical (unpaired) electrons. The molecular formula is C13H16N4O4. The fraction of sp³-hybridized carbons (Fsp3) is 0.538. The molecule has 112 valence electrons. The Morgan fingerprint density at radius 3 is 3.14 bits per heavy atom. The Bertz CT molecular complexity index is 565. The number of nitrogens with one attached hydrogen (secondary N) is 1. The number of carbonyl (C=O) groups is 2. The summed E-state index contributed by atoms with van der Waals surface area (Å²) in [6.07, 6.45) is 2.81. The molecule has 3 heterocycles. The summed E-state index contributed by atoms with van der Waals surface area (Å²) in [4.78, 5) is 33.8. The highest BCUT2D eigenvalue weighted by molar-refractivity contribution is 5.94. The lowest BCUT2D eigenvalue weighted by Crippen LogP contribution is -2.42. The molecule has 3 rings (SSSR count). The Morgan fingerprint density at radius 2 is 2.33 bits per heavy atom. The first kappa shape index (κ1) is 13.7. The Hall–Kier alpha value is -2.22. The lowest BCUT2D eigenvalue weighted by Gasteiger charge is -2.29. The van der Waals surface area contributed by atoms with Gasteiger partial charge >= 0.3 is 5.97 Å². The summed E-state index contributed by atoms with van der Waals surface area (Å²) in [6, 6.07) is -0.120. The second kappa shape index (κ2) is 5.65. The van der Waals surface area contributed by atoms with Gasteiger partial charge in [-0.1, -0.05) is 0 Å². The number of methoxy groups -OCH3 is 1. The third-order valence-corrected chi connectivity index (χ3v) is 3.63. The number of aromatic nitrogens is 2. The van der Waals surface area contributed by atoms with Gasteiger partial charge in [0.15, 0.2) is 0 Å². The third kappa shape index (κ3) is 2.66. The topological polar surface area (TPSA) is 93.7 Å². The number of amides is 1. The summed E-state index contributed by atoms with van der Waals surface area (Å²) >= 11 is 0. The van der Waals surface area contributed by atoms with E-state index in [0.717, 1.165) is 0 Å². The number of ether oxygens (including phenoxy) is 2. The first-order chi connectivity index (χ1) is 10.2. The van der Waals surface area contributed by atoms with E-state index in [1.54, 1.807) is 0 Å². The molecule has 2 saturated heterocycles. The van der Waals surface area contributed by atoms with Crippen molar-refractivity contribution < 1.29 is 19.1 Å². The van der Waals surface area contributed by atoms with Gasteiger partial charge < -0.3 is 19.7 Å². The van der Waals surface area contributed by atoms with E-state index in [1.807, 2.05) is 4.90 Å². The highest BCUT2D eigenvalue weighted by Gasteiger charge is 2.35. The monoisotopic (exact) mass is 292 g/mol. The van der Waals surface area contributed by atoms with Crippen LogP contribution in [0.4, 0.5) is 5.82 Å². The summed E-state index contributed by atoms with van der Waals surface area (Å²) in [5, 5.41) is 2.94. The minimum Gasteiger partial charge on any atom is -0.465 e. The molecule has 0 aromatic carbocycles. The molecule has 8 nitrogen and oxygen atoms in total. The van der Waals surface area contributed by atoms with Crippen molar-refractivity contribution in [3.63, 3.8) is 0 Å². The lowest BCUT2D eigenvalue weighted by molar-refractivity contribution is -0.124. The van der Waals surface area contributed by atoms with Gasteiger partial charge in [-0.05, 0) is 0 Å². The van der Waals surface area contributed by atoms with Gasteiger partial charge in [-0.15, -0.1) is 0 Å². The number of hydrogen-bond acceptors (Lipinski definition) is 7. The molecule has 2 atom stereocenters. The van der Waals surface area contributed by atoms with Crippen molar-refractivity contribution in [1.29, 1.82) is 0 Å². The van der Waals surface area contributed by atoms with Crippen LogP contribution >= 0.6 is 0 Å². The summed E-state index contributed by atoms with van der Waals surface area (Å²) in [6.45, 7) is 1.81. The molecule has 1 amide bonds. The molecular weight excluding hydrogens is 276 g/mol. The number of carbonyl (C=O) groups excluding carboxylic acids is 2. The summed E-state index contributed by atoms with van der Waals surface area (Å²) < 4.78 is 10.2. The Morgan fingerprint density at radius 1 is 1.48 bits per heavy atom. The van der Waals surface area contributed by atoms with Gasteiger partial charge in [0, 0.05) is 19.3 Å². The first-order valence-electron chi connectivity index (χ1n) is 6.70. The van der Waals surface area contributed by atoms with Crippen molar-refractivity contribution in [2.24, 2.45) is 5.92 Å². The minimum atomic E-state index is -0.490. The number of anilines is 1. The second-order valence-electron chi connectivity index (χ2n) is 5.10. The van der Waals surface area contributed by atoms with E-state index in [1.165, 1.54) is 19.6 Å². The van der Waals surface area contributed by atoms with Gasteiger partial charge in [-0.3, -0.25) is 4.79 Å². The largest absolute Gasteiger partial charge is 0.465 e. The van der Waals surface area contributed by atoms with E-state index in [2.05, 4.69) is 15.3 Å². The van der Waals surface area contributed by atoms with E-state index >= 15 is 0 Å². The fourth-order valence-electron chi connectivity index (χ4n) is 2.63. The van der Waals surface area contributed by atoms with Crippen LogP contribution in [0.2, 0.25) is 0 Å². The number of fused-ring (bicyclic) bond motifs is 3. The molecule has 1 N–H and O–H groups in total. The van der Waals surface area contributed by atoms with Crippen LogP contribution in [-0.4, -0.2) is 61.3 Å². The van der Waals surface area contributed by atoms with Crippen molar-refractivity contribution in [1.82, 2.24) is 15.3 Å². The van der Waals surface area contributed by atoms with Crippen molar-refractivity contribution in [2.75, 3.05) is 38.3 Å². The van der Waals surface area contributed by atoms with Crippen LogP contribution in [0.5, 0.6) is 0 Å². The number of nitrogens with zero attached hydrogens (tertiary/aromatic N) is 3. The lowest BCUT2D eigenvalue weighted by atomic mass is 10.1. The maximum Gasteiger partial charge on any atom is 0.343 e. The summed E-state index contributed by atoms with van der Waals surface area (Å²) in [5.41, 5.74) is 0.299. The van der Waals surface area contributed by atoms with Crippen molar-refractivity contribution in [3.05, 3.63) is 18.1 Å². The molecule has 2 bridgehead atoms.